The zero-order valence-corrected chi connectivity index (χ0v) is 12.0. The lowest BCUT2D eigenvalue weighted by atomic mass is 10.1. The Kier molecular flexibility index (Phi) is 8.95. The summed E-state index contributed by atoms with van der Waals surface area (Å²) in [7, 11) is 1.63. The highest BCUT2D eigenvalue weighted by atomic mass is 35.5. The Morgan fingerprint density at radius 1 is 1.32 bits per heavy atom. The molecule has 3 N–H and O–H groups in total. The summed E-state index contributed by atoms with van der Waals surface area (Å²) >= 11 is 0. The predicted molar refractivity (Wildman–Crippen MR) is 77.9 cm³/mol. The molecule has 5 nitrogen and oxygen atoms in total. The molecule has 1 aromatic carbocycles. The first kappa shape index (κ1) is 17.7. The van der Waals surface area contributed by atoms with E-state index in [-0.39, 0.29) is 24.2 Å². The number of halogens is 1. The number of rotatable bonds is 7. The first-order valence-corrected chi connectivity index (χ1v) is 5.90. The van der Waals surface area contributed by atoms with Crippen molar-refractivity contribution in [1.82, 2.24) is 0 Å². The number of nitrogens with one attached hydrogen (secondary N) is 1. The van der Waals surface area contributed by atoms with Crippen molar-refractivity contribution < 1.29 is 14.3 Å². The number of hydrogen-bond acceptors (Lipinski definition) is 4. The second kappa shape index (κ2) is 9.61. The van der Waals surface area contributed by atoms with Crippen LogP contribution in [0.5, 0.6) is 5.75 Å². The number of benzene rings is 1. The Bertz CT molecular complexity index is 371. The van der Waals surface area contributed by atoms with Crippen LogP contribution in [0.15, 0.2) is 24.3 Å². The van der Waals surface area contributed by atoms with E-state index in [4.69, 9.17) is 15.2 Å². The molecule has 0 heterocycles. The summed E-state index contributed by atoms with van der Waals surface area (Å²) in [5, 5.41) is 2.79. The molecule has 1 amide bonds. The minimum absolute atomic E-state index is 0. The molecule has 0 spiro atoms. The third-order valence-corrected chi connectivity index (χ3v) is 2.48. The minimum atomic E-state index is -0.192. The number of ether oxygens (including phenoxy) is 2. The fraction of sp³-hybridized carbons (Fsp3) is 0.462. The summed E-state index contributed by atoms with van der Waals surface area (Å²) in [5.41, 5.74) is 6.16. The molecule has 0 fully saturated rings. The molecule has 0 bridgehead atoms. The van der Waals surface area contributed by atoms with Crippen molar-refractivity contribution in [3.05, 3.63) is 24.3 Å². The second-order valence-electron chi connectivity index (χ2n) is 3.99. The van der Waals surface area contributed by atoms with Gasteiger partial charge in [0, 0.05) is 25.3 Å². The molecule has 108 valence electrons. The molecule has 0 aliphatic heterocycles. The lowest BCUT2D eigenvalue weighted by Gasteiger charge is -2.10. The van der Waals surface area contributed by atoms with Crippen molar-refractivity contribution in [2.45, 2.75) is 6.92 Å². The number of carbonyl (C=O) groups excluding carboxylic acids is 1. The van der Waals surface area contributed by atoms with Crippen LogP contribution in [0.2, 0.25) is 0 Å². The van der Waals surface area contributed by atoms with Crippen LogP contribution in [-0.2, 0) is 9.53 Å². The third kappa shape index (κ3) is 6.42. The zero-order valence-electron chi connectivity index (χ0n) is 11.2. The van der Waals surface area contributed by atoms with Gasteiger partial charge < -0.3 is 20.5 Å². The highest BCUT2D eigenvalue weighted by Gasteiger charge is 2.10. The number of anilines is 1. The molecule has 0 radical (unpaired) electrons. The van der Waals surface area contributed by atoms with Gasteiger partial charge in [0.15, 0.2) is 0 Å². The number of carbonyl (C=O) groups is 1. The fourth-order valence-electron chi connectivity index (χ4n) is 1.25. The maximum atomic E-state index is 11.6. The largest absolute Gasteiger partial charge is 0.491 e. The first-order chi connectivity index (χ1) is 8.67. The quantitative estimate of drug-likeness (QED) is 0.749. The lowest BCUT2D eigenvalue weighted by Crippen LogP contribution is -2.26. The van der Waals surface area contributed by atoms with Crippen LogP contribution < -0.4 is 15.8 Å². The first-order valence-electron chi connectivity index (χ1n) is 5.90. The summed E-state index contributed by atoms with van der Waals surface area (Å²) < 4.78 is 10.3. The molecule has 1 rings (SSSR count). The smallest absolute Gasteiger partial charge is 0.228 e. The van der Waals surface area contributed by atoms with E-state index >= 15 is 0 Å². The van der Waals surface area contributed by atoms with Crippen molar-refractivity contribution in [3.8, 4) is 5.75 Å². The Hall–Kier alpha value is -1.30. The number of methoxy groups -OCH3 is 1. The minimum Gasteiger partial charge on any atom is -0.491 e. The summed E-state index contributed by atoms with van der Waals surface area (Å²) in [5.74, 6) is 0.477. The van der Waals surface area contributed by atoms with E-state index < -0.39 is 0 Å². The van der Waals surface area contributed by atoms with Gasteiger partial charge in [0.25, 0.3) is 0 Å². The fourth-order valence-corrected chi connectivity index (χ4v) is 1.25. The van der Waals surface area contributed by atoms with Crippen LogP contribution in [0.4, 0.5) is 5.69 Å². The van der Waals surface area contributed by atoms with E-state index in [0.29, 0.717) is 19.8 Å². The molecule has 0 saturated carbocycles. The second-order valence-corrected chi connectivity index (χ2v) is 3.99. The molecular weight excluding hydrogens is 268 g/mol. The van der Waals surface area contributed by atoms with Crippen LogP contribution in [-0.4, -0.2) is 32.8 Å². The highest BCUT2D eigenvalue weighted by molar-refractivity contribution is 5.92. The van der Waals surface area contributed by atoms with Crippen LogP contribution in [0.25, 0.3) is 0 Å². The van der Waals surface area contributed by atoms with Gasteiger partial charge in [-0.05, 0) is 24.3 Å². The van der Waals surface area contributed by atoms with Crippen molar-refractivity contribution in [2.75, 3.05) is 32.2 Å². The standard InChI is InChI=1S/C13H20N2O3.ClH/c1-10(9-14)13(16)15-11-3-5-12(6-4-11)18-8-7-17-2;/h3-6,10H,7-9,14H2,1-2H3,(H,15,16);1H. The van der Waals surface area contributed by atoms with E-state index in [1.54, 1.807) is 38.3 Å². The lowest BCUT2D eigenvalue weighted by molar-refractivity contribution is -0.119. The summed E-state index contributed by atoms with van der Waals surface area (Å²) in [6.07, 6.45) is 0. The molecule has 0 aliphatic rings. The number of hydrogen-bond donors (Lipinski definition) is 2. The van der Waals surface area contributed by atoms with E-state index in [2.05, 4.69) is 5.32 Å². The summed E-state index contributed by atoms with van der Waals surface area (Å²) in [4.78, 5) is 11.6. The molecule has 0 aliphatic carbocycles. The van der Waals surface area contributed by atoms with Crippen molar-refractivity contribution in [1.29, 1.82) is 0 Å². The summed E-state index contributed by atoms with van der Waals surface area (Å²) in [6, 6.07) is 7.20. The number of nitrogens with two attached hydrogens (primary N) is 1. The van der Waals surface area contributed by atoms with E-state index in [1.165, 1.54) is 0 Å². The van der Waals surface area contributed by atoms with Crippen LogP contribution in [0, 0.1) is 5.92 Å². The molecule has 1 atom stereocenters. The van der Waals surface area contributed by atoms with Gasteiger partial charge in [0.1, 0.15) is 12.4 Å². The van der Waals surface area contributed by atoms with Gasteiger partial charge in [-0.25, -0.2) is 0 Å². The van der Waals surface area contributed by atoms with Crippen molar-refractivity contribution in [3.63, 3.8) is 0 Å². The van der Waals surface area contributed by atoms with Gasteiger partial charge in [-0.1, -0.05) is 6.92 Å². The molecular formula is C13H21ClN2O3. The molecule has 1 unspecified atom stereocenters. The van der Waals surface area contributed by atoms with Gasteiger partial charge in [-0.3, -0.25) is 4.79 Å². The monoisotopic (exact) mass is 288 g/mol. The van der Waals surface area contributed by atoms with E-state index in [0.717, 1.165) is 11.4 Å². The van der Waals surface area contributed by atoms with Gasteiger partial charge >= 0.3 is 0 Å². The van der Waals surface area contributed by atoms with E-state index in [9.17, 15) is 4.79 Å². The molecule has 1 aromatic rings. The molecule has 0 aromatic heterocycles. The van der Waals surface area contributed by atoms with E-state index in [1.807, 2.05) is 0 Å². The highest BCUT2D eigenvalue weighted by Crippen LogP contribution is 2.16. The predicted octanol–water partition coefficient (Wildman–Crippen LogP) is 1.67. The van der Waals surface area contributed by atoms with Crippen LogP contribution >= 0.6 is 12.4 Å². The van der Waals surface area contributed by atoms with Crippen molar-refractivity contribution in [2.24, 2.45) is 11.7 Å². The maximum Gasteiger partial charge on any atom is 0.228 e. The van der Waals surface area contributed by atoms with Crippen molar-refractivity contribution >= 4 is 24.0 Å². The Balaban J connectivity index is 0.00000324. The van der Waals surface area contributed by atoms with Gasteiger partial charge in [-0.15, -0.1) is 12.4 Å². The van der Waals surface area contributed by atoms with Crippen LogP contribution in [0.3, 0.4) is 0 Å². The maximum absolute atomic E-state index is 11.6. The summed E-state index contributed by atoms with van der Waals surface area (Å²) in [6.45, 7) is 3.18. The Morgan fingerprint density at radius 3 is 2.47 bits per heavy atom. The normalized spacial score (nSPS) is 11.3. The van der Waals surface area contributed by atoms with Gasteiger partial charge in [0.2, 0.25) is 5.91 Å². The average Bonchev–Trinajstić information content (AvgIpc) is 2.40. The topological polar surface area (TPSA) is 73.6 Å². The molecule has 19 heavy (non-hydrogen) atoms. The Morgan fingerprint density at radius 2 is 1.95 bits per heavy atom. The Labute approximate surface area is 119 Å². The zero-order chi connectivity index (χ0) is 13.4. The van der Waals surface area contributed by atoms with Gasteiger partial charge in [0.05, 0.1) is 6.61 Å². The SMILES string of the molecule is COCCOc1ccc(NC(=O)C(C)CN)cc1.Cl. The van der Waals surface area contributed by atoms with Crippen LogP contribution in [0.1, 0.15) is 6.92 Å². The number of amides is 1. The third-order valence-electron chi connectivity index (χ3n) is 2.48. The average molecular weight is 289 g/mol. The molecule has 6 heteroatoms. The van der Waals surface area contributed by atoms with Gasteiger partial charge in [-0.2, -0.15) is 0 Å². The molecule has 0 saturated heterocycles.